The van der Waals surface area contributed by atoms with Crippen molar-refractivity contribution in [2.24, 2.45) is 0 Å². The highest BCUT2D eigenvalue weighted by molar-refractivity contribution is 7.89. The molecule has 14 heavy (non-hydrogen) atoms. The maximum atomic E-state index is 11.0. The lowest BCUT2D eigenvalue weighted by Crippen LogP contribution is -2.07. The monoisotopic (exact) mass is 218 g/mol. The SMILES string of the molecule is CC(=O)OCc1cn(S(C)(=O)=O)cn1. The molecule has 78 valence electrons. The smallest absolute Gasteiger partial charge is 0.303 e. The number of hydrogen-bond acceptors (Lipinski definition) is 5. The first kappa shape index (κ1) is 10.7. The Hall–Kier alpha value is -1.37. The maximum absolute atomic E-state index is 11.0. The van der Waals surface area contributed by atoms with Crippen molar-refractivity contribution in [3.05, 3.63) is 18.2 Å². The number of nitrogens with zero attached hydrogens (tertiary/aromatic N) is 2. The largest absolute Gasteiger partial charge is 0.459 e. The Balaban J connectivity index is 2.74. The minimum Gasteiger partial charge on any atom is -0.459 e. The summed E-state index contributed by atoms with van der Waals surface area (Å²) in [6, 6.07) is 0. The zero-order chi connectivity index (χ0) is 10.8. The summed E-state index contributed by atoms with van der Waals surface area (Å²) in [6.45, 7) is 1.26. The normalized spacial score (nSPS) is 11.3. The van der Waals surface area contributed by atoms with Gasteiger partial charge in [0.05, 0.1) is 11.9 Å². The van der Waals surface area contributed by atoms with Crippen LogP contribution in [0.2, 0.25) is 0 Å². The van der Waals surface area contributed by atoms with Crippen LogP contribution >= 0.6 is 0 Å². The Morgan fingerprint density at radius 1 is 1.64 bits per heavy atom. The van der Waals surface area contributed by atoms with Crippen LogP contribution in [0.5, 0.6) is 0 Å². The summed E-state index contributed by atoms with van der Waals surface area (Å²) in [5.74, 6) is -0.432. The molecule has 0 aliphatic heterocycles. The van der Waals surface area contributed by atoms with Crippen LogP contribution in [0.15, 0.2) is 12.5 Å². The van der Waals surface area contributed by atoms with Crippen molar-refractivity contribution in [3.63, 3.8) is 0 Å². The third-order valence-corrected chi connectivity index (χ3v) is 2.39. The summed E-state index contributed by atoms with van der Waals surface area (Å²) in [5.41, 5.74) is 0.394. The van der Waals surface area contributed by atoms with Gasteiger partial charge in [0, 0.05) is 13.1 Å². The van der Waals surface area contributed by atoms with Crippen molar-refractivity contribution in [2.75, 3.05) is 6.26 Å². The second-order valence-corrected chi connectivity index (χ2v) is 4.63. The highest BCUT2D eigenvalue weighted by atomic mass is 32.2. The Bertz CT molecular complexity index is 434. The van der Waals surface area contributed by atoms with E-state index >= 15 is 0 Å². The van der Waals surface area contributed by atoms with Gasteiger partial charge < -0.3 is 4.74 Å². The molecule has 1 aromatic heterocycles. The molecule has 6 nitrogen and oxygen atoms in total. The number of imidazole rings is 1. The number of rotatable bonds is 3. The third-order valence-electron chi connectivity index (χ3n) is 1.42. The van der Waals surface area contributed by atoms with Gasteiger partial charge in [-0.15, -0.1) is 0 Å². The van der Waals surface area contributed by atoms with E-state index in [4.69, 9.17) is 0 Å². The van der Waals surface area contributed by atoms with Gasteiger partial charge in [0.2, 0.25) is 10.0 Å². The van der Waals surface area contributed by atoms with Gasteiger partial charge in [0.15, 0.2) is 0 Å². The van der Waals surface area contributed by atoms with E-state index in [0.29, 0.717) is 5.69 Å². The van der Waals surface area contributed by atoms with E-state index < -0.39 is 16.0 Å². The first-order valence-corrected chi connectivity index (χ1v) is 5.61. The van der Waals surface area contributed by atoms with E-state index in [-0.39, 0.29) is 6.61 Å². The predicted octanol–water partition coefficient (Wildman–Crippen LogP) is -0.246. The summed E-state index contributed by atoms with van der Waals surface area (Å²) in [6.07, 6.45) is 3.52. The summed E-state index contributed by atoms with van der Waals surface area (Å²) >= 11 is 0. The van der Waals surface area contributed by atoms with E-state index in [9.17, 15) is 13.2 Å². The average molecular weight is 218 g/mol. The van der Waals surface area contributed by atoms with Crippen molar-refractivity contribution in [3.8, 4) is 0 Å². The van der Waals surface area contributed by atoms with Crippen LogP contribution in [-0.4, -0.2) is 29.6 Å². The van der Waals surface area contributed by atoms with Crippen LogP contribution in [0, 0.1) is 0 Å². The van der Waals surface area contributed by atoms with E-state index in [0.717, 1.165) is 16.6 Å². The molecule has 0 aliphatic carbocycles. The van der Waals surface area contributed by atoms with Crippen molar-refractivity contribution in [1.82, 2.24) is 8.96 Å². The Morgan fingerprint density at radius 2 is 2.29 bits per heavy atom. The number of aromatic nitrogens is 2. The van der Waals surface area contributed by atoms with Gasteiger partial charge in [-0.05, 0) is 0 Å². The van der Waals surface area contributed by atoms with Crippen LogP contribution in [0.3, 0.4) is 0 Å². The van der Waals surface area contributed by atoms with Gasteiger partial charge >= 0.3 is 5.97 Å². The van der Waals surface area contributed by atoms with Gasteiger partial charge in [-0.2, -0.15) is 0 Å². The number of esters is 1. The van der Waals surface area contributed by atoms with Gasteiger partial charge in [0.1, 0.15) is 12.9 Å². The molecule has 0 atom stereocenters. The third kappa shape index (κ3) is 2.84. The zero-order valence-electron chi connectivity index (χ0n) is 7.80. The molecule has 0 aliphatic rings. The quantitative estimate of drug-likeness (QED) is 0.654. The molecule has 0 spiro atoms. The first-order chi connectivity index (χ1) is 6.39. The summed E-state index contributed by atoms with van der Waals surface area (Å²) < 4.78 is 27.6. The summed E-state index contributed by atoms with van der Waals surface area (Å²) in [7, 11) is -3.31. The molecule has 0 unspecified atom stereocenters. The number of ether oxygens (including phenoxy) is 1. The molecule has 0 amide bonds. The lowest BCUT2D eigenvalue weighted by atomic mass is 10.5. The Kier molecular flexibility index (Phi) is 2.90. The van der Waals surface area contributed by atoms with Gasteiger partial charge in [-0.25, -0.2) is 17.4 Å². The predicted molar refractivity (Wildman–Crippen MR) is 47.9 cm³/mol. The maximum Gasteiger partial charge on any atom is 0.303 e. The summed E-state index contributed by atoms with van der Waals surface area (Å²) in [5, 5.41) is 0. The zero-order valence-corrected chi connectivity index (χ0v) is 8.61. The highest BCUT2D eigenvalue weighted by Gasteiger charge is 2.07. The van der Waals surface area contributed by atoms with Gasteiger partial charge in [-0.3, -0.25) is 4.79 Å². The standard InChI is InChI=1S/C7H10N2O4S/c1-6(10)13-4-7-3-9(5-8-7)14(2,11)12/h3,5H,4H2,1-2H3. The molecule has 0 radical (unpaired) electrons. The molecule has 0 aromatic carbocycles. The minimum atomic E-state index is -3.31. The molecule has 0 N–H and O–H groups in total. The molecule has 1 heterocycles. The van der Waals surface area contributed by atoms with Gasteiger partial charge in [-0.1, -0.05) is 0 Å². The fourth-order valence-corrected chi connectivity index (χ4v) is 1.31. The molecule has 0 fully saturated rings. The molecular formula is C7H10N2O4S. The second-order valence-electron chi connectivity index (χ2n) is 2.74. The minimum absolute atomic E-state index is 0.0160. The van der Waals surface area contributed by atoms with Crippen molar-refractivity contribution < 1.29 is 17.9 Å². The van der Waals surface area contributed by atoms with E-state index in [1.807, 2.05) is 0 Å². The average Bonchev–Trinajstić information content (AvgIpc) is 2.47. The molecule has 7 heteroatoms. The molecular weight excluding hydrogens is 208 g/mol. The van der Waals surface area contributed by atoms with Crippen LogP contribution < -0.4 is 0 Å². The van der Waals surface area contributed by atoms with E-state index in [1.165, 1.54) is 13.1 Å². The molecule has 0 bridgehead atoms. The molecule has 1 rings (SSSR count). The summed E-state index contributed by atoms with van der Waals surface area (Å²) in [4.78, 5) is 14.2. The van der Waals surface area contributed by atoms with Crippen molar-refractivity contribution in [2.45, 2.75) is 13.5 Å². The second kappa shape index (κ2) is 3.79. The molecule has 1 aromatic rings. The Morgan fingerprint density at radius 3 is 2.71 bits per heavy atom. The van der Waals surface area contributed by atoms with E-state index in [1.54, 1.807) is 0 Å². The van der Waals surface area contributed by atoms with Crippen molar-refractivity contribution in [1.29, 1.82) is 0 Å². The fourth-order valence-electron chi connectivity index (χ4n) is 0.776. The highest BCUT2D eigenvalue weighted by Crippen LogP contribution is 2.01. The molecule has 0 saturated heterocycles. The number of carbonyl (C=O) groups excluding carboxylic acids is 1. The molecule has 0 saturated carbocycles. The van der Waals surface area contributed by atoms with Crippen LogP contribution in [0.4, 0.5) is 0 Å². The number of carbonyl (C=O) groups is 1. The van der Waals surface area contributed by atoms with Gasteiger partial charge in [0.25, 0.3) is 0 Å². The fraction of sp³-hybridized carbons (Fsp3) is 0.429. The topological polar surface area (TPSA) is 78.3 Å². The van der Waals surface area contributed by atoms with Crippen LogP contribution in [-0.2, 0) is 26.2 Å². The van der Waals surface area contributed by atoms with Crippen LogP contribution in [0.25, 0.3) is 0 Å². The van der Waals surface area contributed by atoms with Crippen LogP contribution in [0.1, 0.15) is 12.6 Å². The lowest BCUT2D eigenvalue weighted by Gasteiger charge is -1.97. The van der Waals surface area contributed by atoms with E-state index in [2.05, 4.69) is 9.72 Å². The van der Waals surface area contributed by atoms with Crippen molar-refractivity contribution >= 4 is 16.0 Å². The lowest BCUT2D eigenvalue weighted by molar-refractivity contribution is -0.142. The Labute approximate surface area is 81.6 Å². The first-order valence-electron chi connectivity index (χ1n) is 3.76. The number of hydrogen-bond donors (Lipinski definition) is 0.